The van der Waals surface area contributed by atoms with Crippen LogP contribution in [-0.4, -0.2) is 12.5 Å². The Morgan fingerprint density at radius 1 is 1.46 bits per heavy atom. The molecule has 1 aromatic carbocycles. The van der Waals surface area contributed by atoms with Crippen molar-refractivity contribution in [3.8, 4) is 0 Å². The molecule has 0 radical (unpaired) electrons. The van der Waals surface area contributed by atoms with Gasteiger partial charge in [0, 0.05) is 19.2 Å². The molecule has 0 fully saturated rings. The average Bonchev–Trinajstić information content (AvgIpc) is 2.15. The van der Waals surface area contributed by atoms with Crippen LogP contribution in [0.25, 0.3) is 0 Å². The van der Waals surface area contributed by atoms with Crippen molar-refractivity contribution in [2.24, 2.45) is 0 Å². The normalized spacial score (nSPS) is 9.31. The van der Waals surface area contributed by atoms with Crippen molar-refractivity contribution < 1.29 is 4.79 Å². The van der Waals surface area contributed by atoms with Gasteiger partial charge >= 0.3 is 0 Å². The Balaban J connectivity index is 2.88. The summed E-state index contributed by atoms with van der Waals surface area (Å²) >= 11 is 0. The van der Waals surface area contributed by atoms with Crippen molar-refractivity contribution in [2.75, 3.05) is 11.4 Å². The minimum atomic E-state index is 0.0334. The molecule has 0 atom stereocenters. The van der Waals surface area contributed by atoms with E-state index in [-0.39, 0.29) is 5.91 Å². The molecule has 0 bridgehead atoms. The van der Waals surface area contributed by atoms with E-state index in [0.29, 0.717) is 6.54 Å². The highest BCUT2D eigenvalue weighted by molar-refractivity contribution is 5.91. The lowest BCUT2D eigenvalue weighted by Gasteiger charge is -2.18. The van der Waals surface area contributed by atoms with Gasteiger partial charge in [0.05, 0.1) is 0 Å². The lowest BCUT2D eigenvalue weighted by molar-refractivity contribution is -0.116. The van der Waals surface area contributed by atoms with Crippen molar-refractivity contribution in [1.82, 2.24) is 0 Å². The van der Waals surface area contributed by atoms with Crippen LogP contribution in [0, 0.1) is 0 Å². The highest BCUT2D eigenvalue weighted by atomic mass is 16.2. The molecule has 2 nitrogen and oxygen atoms in total. The van der Waals surface area contributed by atoms with Crippen LogP contribution >= 0.6 is 0 Å². The van der Waals surface area contributed by atoms with Gasteiger partial charge in [0.25, 0.3) is 0 Å². The van der Waals surface area contributed by atoms with Crippen molar-refractivity contribution in [3.05, 3.63) is 43.0 Å². The van der Waals surface area contributed by atoms with Crippen LogP contribution in [0.3, 0.4) is 0 Å². The molecule has 1 aromatic rings. The molecule has 0 aliphatic rings. The molecule has 0 aliphatic heterocycles. The smallest absolute Gasteiger partial charge is 0.224 e. The molecular formula is C11H13NO. The number of nitrogens with zero attached hydrogens (tertiary/aromatic N) is 1. The van der Waals surface area contributed by atoms with Crippen LogP contribution < -0.4 is 4.90 Å². The fourth-order valence-corrected chi connectivity index (χ4v) is 1.15. The quantitative estimate of drug-likeness (QED) is 0.645. The number of hydrogen-bond donors (Lipinski definition) is 0. The number of benzene rings is 1. The molecule has 68 valence electrons. The van der Waals surface area contributed by atoms with Crippen molar-refractivity contribution in [2.45, 2.75) is 6.92 Å². The van der Waals surface area contributed by atoms with E-state index in [1.807, 2.05) is 30.3 Å². The molecule has 1 amide bonds. The van der Waals surface area contributed by atoms with Crippen LogP contribution in [0.2, 0.25) is 0 Å². The Morgan fingerprint density at radius 2 is 2.08 bits per heavy atom. The zero-order chi connectivity index (χ0) is 9.68. The lowest BCUT2D eigenvalue weighted by atomic mass is 10.3. The maximum atomic E-state index is 11.2. The third kappa shape index (κ3) is 2.44. The maximum absolute atomic E-state index is 11.2. The van der Waals surface area contributed by atoms with Crippen LogP contribution in [0.15, 0.2) is 43.0 Å². The number of amides is 1. The summed E-state index contributed by atoms with van der Waals surface area (Å²) in [5, 5.41) is 0. The van der Waals surface area contributed by atoms with E-state index < -0.39 is 0 Å². The Morgan fingerprint density at radius 3 is 2.54 bits per heavy atom. The van der Waals surface area contributed by atoms with Gasteiger partial charge in [-0.3, -0.25) is 4.79 Å². The number of anilines is 1. The first-order chi connectivity index (χ1) is 6.25. The van der Waals surface area contributed by atoms with Gasteiger partial charge in [0.2, 0.25) is 5.91 Å². The molecule has 0 unspecified atom stereocenters. The highest BCUT2D eigenvalue weighted by Gasteiger charge is 2.07. The number of carbonyl (C=O) groups is 1. The van der Waals surface area contributed by atoms with E-state index in [4.69, 9.17) is 0 Å². The van der Waals surface area contributed by atoms with Crippen molar-refractivity contribution in [1.29, 1.82) is 0 Å². The SMILES string of the molecule is C=CCN(C(C)=O)c1ccccc1. The first kappa shape index (κ1) is 9.52. The van der Waals surface area contributed by atoms with Crippen LogP contribution in [-0.2, 0) is 4.79 Å². The largest absolute Gasteiger partial charge is 0.309 e. The van der Waals surface area contributed by atoms with E-state index in [1.54, 1.807) is 17.9 Å². The molecule has 2 heteroatoms. The van der Waals surface area contributed by atoms with Gasteiger partial charge in [-0.05, 0) is 12.1 Å². The number of para-hydroxylation sites is 1. The zero-order valence-electron chi connectivity index (χ0n) is 7.73. The summed E-state index contributed by atoms with van der Waals surface area (Å²) < 4.78 is 0. The Hall–Kier alpha value is -1.57. The first-order valence-electron chi connectivity index (χ1n) is 4.19. The van der Waals surface area contributed by atoms with Crippen LogP contribution in [0.4, 0.5) is 5.69 Å². The standard InChI is InChI=1S/C11H13NO/c1-3-9-12(10(2)13)11-7-5-4-6-8-11/h3-8H,1,9H2,2H3. The molecule has 0 N–H and O–H groups in total. The summed E-state index contributed by atoms with van der Waals surface area (Å²) in [4.78, 5) is 12.9. The van der Waals surface area contributed by atoms with E-state index in [2.05, 4.69) is 6.58 Å². The molecule has 0 saturated heterocycles. The molecule has 1 rings (SSSR count). The summed E-state index contributed by atoms with van der Waals surface area (Å²) in [6.45, 7) is 5.72. The summed E-state index contributed by atoms with van der Waals surface area (Å²) in [5.41, 5.74) is 0.912. The van der Waals surface area contributed by atoms with E-state index in [9.17, 15) is 4.79 Å². The van der Waals surface area contributed by atoms with Gasteiger partial charge in [-0.1, -0.05) is 24.3 Å². The monoisotopic (exact) mass is 175 g/mol. The fraction of sp³-hybridized carbons (Fsp3) is 0.182. The van der Waals surface area contributed by atoms with Crippen molar-refractivity contribution in [3.63, 3.8) is 0 Å². The van der Waals surface area contributed by atoms with E-state index in [0.717, 1.165) is 5.69 Å². The fourth-order valence-electron chi connectivity index (χ4n) is 1.15. The minimum absolute atomic E-state index is 0.0334. The maximum Gasteiger partial charge on any atom is 0.224 e. The van der Waals surface area contributed by atoms with Crippen LogP contribution in [0.5, 0.6) is 0 Å². The number of hydrogen-bond acceptors (Lipinski definition) is 1. The Bertz CT molecular complexity index is 292. The van der Waals surface area contributed by atoms with E-state index >= 15 is 0 Å². The summed E-state index contributed by atoms with van der Waals surface area (Å²) in [6.07, 6.45) is 1.72. The molecule has 0 saturated carbocycles. The van der Waals surface area contributed by atoms with Crippen LogP contribution in [0.1, 0.15) is 6.92 Å². The summed E-state index contributed by atoms with van der Waals surface area (Å²) in [7, 11) is 0. The number of rotatable bonds is 3. The van der Waals surface area contributed by atoms with Gasteiger partial charge in [-0.15, -0.1) is 6.58 Å². The van der Waals surface area contributed by atoms with E-state index in [1.165, 1.54) is 0 Å². The Labute approximate surface area is 78.5 Å². The molecule has 0 aromatic heterocycles. The summed E-state index contributed by atoms with van der Waals surface area (Å²) in [6, 6.07) is 9.56. The minimum Gasteiger partial charge on any atom is -0.309 e. The number of carbonyl (C=O) groups excluding carboxylic acids is 1. The molecular weight excluding hydrogens is 162 g/mol. The second kappa shape index (κ2) is 4.45. The summed E-state index contributed by atoms with van der Waals surface area (Å²) in [5.74, 6) is 0.0334. The van der Waals surface area contributed by atoms with Gasteiger partial charge in [-0.2, -0.15) is 0 Å². The molecule has 13 heavy (non-hydrogen) atoms. The van der Waals surface area contributed by atoms with Gasteiger partial charge in [0.1, 0.15) is 0 Å². The van der Waals surface area contributed by atoms with Crippen molar-refractivity contribution >= 4 is 11.6 Å². The van der Waals surface area contributed by atoms with Gasteiger partial charge < -0.3 is 4.90 Å². The highest BCUT2D eigenvalue weighted by Crippen LogP contribution is 2.12. The predicted molar refractivity (Wildman–Crippen MR) is 54.7 cm³/mol. The third-order valence-corrected chi connectivity index (χ3v) is 1.76. The first-order valence-corrected chi connectivity index (χ1v) is 4.19. The van der Waals surface area contributed by atoms with Gasteiger partial charge in [-0.25, -0.2) is 0 Å². The topological polar surface area (TPSA) is 20.3 Å². The molecule has 0 spiro atoms. The predicted octanol–water partition coefficient (Wildman–Crippen LogP) is 2.23. The average molecular weight is 175 g/mol. The Kier molecular flexibility index (Phi) is 3.26. The second-order valence-corrected chi connectivity index (χ2v) is 2.75. The zero-order valence-corrected chi connectivity index (χ0v) is 7.73. The third-order valence-electron chi connectivity index (χ3n) is 1.76. The second-order valence-electron chi connectivity index (χ2n) is 2.75. The lowest BCUT2D eigenvalue weighted by Crippen LogP contribution is -2.28. The molecule has 0 heterocycles. The molecule has 0 aliphatic carbocycles. The van der Waals surface area contributed by atoms with Gasteiger partial charge in [0.15, 0.2) is 0 Å².